The molecule has 4 heteroatoms. The maximum atomic E-state index is 9.49. The van der Waals surface area contributed by atoms with Crippen LogP contribution in [-0.2, 0) is 0 Å². The van der Waals surface area contributed by atoms with Gasteiger partial charge in [-0.05, 0) is 32.4 Å². The summed E-state index contributed by atoms with van der Waals surface area (Å²) in [5, 5.41) is 9.49. The molecular formula is C10H16N2OS. The van der Waals surface area contributed by atoms with Crippen LogP contribution in [0.3, 0.4) is 0 Å². The lowest BCUT2D eigenvalue weighted by atomic mass is 10.1. The van der Waals surface area contributed by atoms with Gasteiger partial charge in [-0.25, -0.2) is 4.98 Å². The van der Waals surface area contributed by atoms with Crippen molar-refractivity contribution < 1.29 is 5.11 Å². The third kappa shape index (κ3) is 4.48. The van der Waals surface area contributed by atoms with Crippen LogP contribution >= 0.6 is 11.8 Å². The molecule has 0 fully saturated rings. The van der Waals surface area contributed by atoms with Gasteiger partial charge >= 0.3 is 0 Å². The van der Waals surface area contributed by atoms with Crippen molar-refractivity contribution in [2.75, 3.05) is 11.5 Å². The molecule has 1 aromatic heterocycles. The van der Waals surface area contributed by atoms with Gasteiger partial charge in [0.05, 0.1) is 5.60 Å². The van der Waals surface area contributed by atoms with Crippen LogP contribution in [-0.4, -0.2) is 21.4 Å². The highest BCUT2D eigenvalue weighted by atomic mass is 32.2. The van der Waals surface area contributed by atoms with E-state index in [4.69, 9.17) is 5.73 Å². The molecule has 1 rings (SSSR count). The number of anilines is 1. The van der Waals surface area contributed by atoms with Gasteiger partial charge in [-0.1, -0.05) is 0 Å². The van der Waals surface area contributed by atoms with Gasteiger partial charge in [0.1, 0.15) is 5.82 Å². The number of nitrogens with zero attached hydrogens (tertiary/aromatic N) is 1. The predicted molar refractivity (Wildman–Crippen MR) is 60.3 cm³/mol. The summed E-state index contributed by atoms with van der Waals surface area (Å²) >= 11 is 1.68. The normalized spacial score (nSPS) is 11.6. The molecule has 0 bridgehead atoms. The van der Waals surface area contributed by atoms with Crippen molar-refractivity contribution in [3.05, 3.63) is 18.3 Å². The Balaban J connectivity index is 2.35. The second-order valence-corrected chi connectivity index (χ2v) is 5.00. The van der Waals surface area contributed by atoms with Crippen molar-refractivity contribution in [3.8, 4) is 0 Å². The number of hydrogen-bond acceptors (Lipinski definition) is 4. The first-order chi connectivity index (χ1) is 6.47. The largest absolute Gasteiger partial charge is 0.390 e. The predicted octanol–water partition coefficient (Wildman–Crippen LogP) is 1.92. The number of aliphatic hydroxyl groups is 1. The summed E-state index contributed by atoms with van der Waals surface area (Å²) in [6.45, 7) is 3.63. The molecule has 0 aliphatic carbocycles. The minimum Gasteiger partial charge on any atom is -0.390 e. The maximum Gasteiger partial charge on any atom is 0.123 e. The van der Waals surface area contributed by atoms with E-state index in [0.29, 0.717) is 5.82 Å². The molecule has 14 heavy (non-hydrogen) atoms. The van der Waals surface area contributed by atoms with E-state index in [0.717, 1.165) is 17.1 Å². The molecule has 1 heterocycles. The minimum absolute atomic E-state index is 0.539. The van der Waals surface area contributed by atoms with Crippen LogP contribution in [0.15, 0.2) is 23.2 Å². The zero-order valence-electron chi connectivity index (χ0n) is 8.53. The molecule has 3 N–H and O–H groups in total. The standard InChI is InChI=1S/C10H16N2OS/c1-10(2,13)5-6-14-8-3-4-9(11)12-7-8/h3-4,7,13H,5-6H2,1-2H3,(H2,11,12). The van der Waals surface area contributed by atoms with Gasteiger partial charge in [0.15, 0.2) is 0 Å². The van der Waals surface area contributed by atoms with Crippen LogP contribution in [0, 0.1) is 0 Å². The maximum absolute atomic E-state index is 9.49. The SMILES string of the molecule is CC(C)(O)CCSc1ccc(N)nc1. The van der Waals surface area contributed by atoms with E-state index in [1.54, 1.807) is 24.0 Å². The summed E-state index contributed by atoms with van der Waals surface area (Å²) in [6, 6.07) is 3.73. The Labute approximate surface area is 88.7 Å². The number of nitrogens with two attached hydrogens (primary N) is 1. The molecule has 78 valence electrons. The monoisotopic (exact) mass is 212 g/mol. The van der Waals surface area contributed by atoms with Crippen molar-refractivity contribution in [3.63, 3.8) is 0 Å². The Hall–Kier alpha value is -0.740. The second-order valence-electron chi connectivity index (χ2n) is 3.83. The second kappa shape index (κ2) is 4.66. The fourth-order valence-corrected chi connectivity index (χ4v) is 2.02. The third-order valence-electron chi connectivity index (χ3n) is 1.74. The summed E-state index contributed by atoms with van der Waals surface area (Å²) in [4.78, 5) is 5.08. The highest BCUT2D eigenvalue weighted by Gasteiger charge is 2.11. The number of rotatable bonds is 4. The summed E-state index contributed by atoms with van der Waals surface area (Å²) in [5.41, 5.74) is 4.88. The number of thioether (sulfide) groups is 1. The minimum atomic E-state index is -0.589. The van der Waals surface area contributed by atoms with Gasteiger partial charge in [0.2, 0.25) is 0 Å². The number of pyridine rings is 1. The van der Waals surface area contributed by atoms with Gasteiger partial charge in [0, 0.05) is 16.8 Å². The van der Waals surface area contributed by atoms with Crippen LogP contribution < -0.4 is 5.73 Å². The lowest BCUT2D eigenvalue weighted by Gasteiger charge is -2.15. The quantitative estimate of drug-likeness (QED) is 0.749. The number of hydrogen-bond donors (Lipinski definition) is 2. The Bertz CT molecular complexity index is 279. The first kappa shape index (κ1) is 11.3. The molecule has 0 atom stereocenters. The zero-order valence-corrected chi connectivity index (χ0v) is 9.34. The summed E-state index contributed by atoms with van der Waals surface area (Å²) in [6.07, 6.45) is 2.52. The average molecular weight is 212 g/mol. The third-order valence-corrected chi connectivity index (χ3v) is 2.72. The fraction of sp³-hybridized carbons (Fsp3) is 0.500. The highest BCUT2D eigenvalue weighted by Crippen LogP contribution is 2.21. The van der Waals surface area contributed by atoms with Gasteiger partial charge < -0.3 is 10.8 Å². The van der Waals surface area contributed by atoms with Crippen molar-refractivity contribution >= 4 is 17.6 Å². The Kier molecular flexibility index (Phi) is 3.77. The van der Waals surface area contributed by atoms with Crippen molar-refractivity contribution in [2.45, 2.75) is 30.8 Å². The molecular weight excluding hydrogens is 196 g/mol. The highest BCUT2D eigenvalue weighted by molar-refractivity contribution is 7.99. The van der Waals surface area contributed by atoms with E-state index in [9.17, 15) is 5.11 Å². The molecule has 0 amide bonds. The van der Waals surface area contributed by atoms with Crippen LogP contribution in [0.1, 0.15) is 20.3 Å². The molecule has 0 saturated heterocycles. The molecule has 0 spiro atoms. The van der Waals surface area contributed by atoms with Gasteiger partial charge in [-0.15, -0.1) is 11.8 Å². The average Bonchev–Trinajstić information content (AvgIpc) is 2.06. The number of aromatic nitrogens is 1. The molecule has 0 saturated carbocycles. The molecule has 0 radical (unpaired) electrons. The van der Waals surface area contributed by atoms with Crippen LogP contribution in [0.5, 0.6) is 0 Å². The Morgan fingerprint density at radius 2 is 2.21 bits per heavy atom. The van der Waals surface area contributed by atoms with Crippen molar-refractivity contribution in [1.29, 1.82) is 0 Å². The van der Waals surface area contributed by atoms with E-state index in [-0.39, 0.29) is 0 Å². The molecule has 0 unspecified atom stereocenters. The summed E-state index contributed by atoms with van der Waals surface area (Å²) in [5.74, 6) is 1.42. The first-order valence-corrected chi connectivity index (χ1v) is 5.53. The molecule has 3 nitrogen and oxygen atoms in total. The smallest absolute Gasteiger partial charge is 0.123 e. The summed E-state index contributed by atoms with van der Waals surface area (Å²) in [7, 11) is 0. The Morgan fingerprint density at radius 1 is 1.50 bits per heavy atom. The summed E-state index contributed by atoms with van der Waals surface area (Å²) < 4.78 is 0. The molecule has 0 aliphatic rings. The topological polar surface area (TPSA) is 59.1 Å². The van der Waals surface area contributed by atoms with E-state index in [1.807, 2.05) is 19.9 Å². The lowest BCUT2D eigenvalue weighted by molar-refractivity contribution is 0.0778. The number of nitrogen functional groups attached to an aromatic ring is 1. The van der Waals surface area contributed by atoms with E-state index in [1.165, 1.54) is 0 Å². The van der Waals surface area contributed by atoms with Crippen LogP contribution in [0.25, 0.3) is 0 Å². The fourth-order valence-electron chi connectivity index (χ4n) is 0.896. The molecule has 1 aromatic rings. The first-order valence-electron chi connectivity index (χ1n) is 4.54. The Morgan fingerprint density at radius 3 is 2.71 bits per heavy atom. The lowest BCUT2D eigenvalue weighted by Crippen LogP contribution is -2.18. The van der Waals surface area contributed by atoms with E-state index < -0.39 is 5.60 Å². The van der Waals surface area contributed by atoms with E-state index in [2.05, 4.69) is 4.98 Å². The van der Waals surface area contributed by atoms with Crippen LogP contribution in [0.4, 0.5) is 5.82 Å². The van der Waals surface area contributed by atoms with Gasteiger partial charge in [0.25, 0.3) is 0 Å². The van der Waals surface area contributed by atoms with Crippen LogP contribution in [0.2, 0.25) is 0 Å². The molecule has 0 aliphatic heterocycles. The van der Waals surface area contributed by atoms with Gasteiger partial charge in [-0.2, -0.15) is 0 Å². The zero-order chi connectivity index (χ0) is 10.6. The van der Waals surface area contributed by atoms with Crippen molar-refractivity contribution in [2.24, 2.45) is 0 Å². The molecule has 0 aromatic carbocycles. The van der Waals surface area contributed by atoms with E-state index >= 15 is 0 Å². The van der Waals surface area contributed by atoms with Crippen molar-refractivity contribution in [1.82, 2.24) is 4.98 Å². The van der Waals surface area contributed by atoms with Gasteiger partial charge in [-0.3, -0.25) is 0 Å².